The van der Waals surface area contributed by atoms with E-state index in [1.807, 2.05) is 17.5 Å². The molecule has 0 radical (unpaired) electrons. The second-order valence-corrected chi connectivity index (χ2v) is 4.98. The third-order valence-corrected chi connectivity index (χ3v) is 4.09. The summed E-state index contributed by atoms with van der Waals surface area (Å²) in [4.78, 5) is 12.4. The molecule has 17 heavy (non-hydrogen) atoms. The average molecular weight is 236 g/mol. The van der Waals surface area contributed by atoms with Crippen LogP contribution < -0.4 is 0 Å². The number of ketones is 1. The zero-order chi connectivity index (χ0) is 11.4. The molecule has 80 valence electrons. The summed E-state index contributed by atoms with van der Waals surface area (Å²) in [7, 11) is 0. The number of carbonyl (C=O) groups excluding carboxylic acids is 1. The highest BCUT2D eigenvalue weighted by Gasteiger charge is 2.25. The SMILES string of the molecule is O=C1c2cscc2-c2cccc3cccc1c23. The molecule has 0 fully saturated rings. The summed E-state index contributed by atoms with van der Waals surface area (Å²) < 4.78 is 0. The third kappa shape index (κ3) is 1.06. The van der Waals surface area contributed by atoms with E-state index in [1.165, 1.54) is 5.56 Å². The first-order valence-electron chi connectivity index (χ1n) is 5.49. The first kappa shape index (κ1) is 9.14. The molecule has 1 nitrogen and oxygen atoms in total. The van der Waals surface area contributed by atoms with Gasteiger partial charge in [0.1, 0.15) is 0 Å². The normalized spacial score (nSPS) is 12.8. The van der Waals surface area contributed by atoms with Crippen LogP contribution in [0.25, 0.3) is 21.9 Å². The minimum atomic E-state index is 0.158. The van der Waals surface area contributed by atoms with Crippen LogP contribution in [0.5, 0.6) is 0 Å². The molecular formula is C15H8OS. The van der Waals surface area contributed by atoms with Crippen LogP contribution in [0.15, 0.2) is 47.2 Å². The van der Waals surface area contributed by atoms with Gasteiger partial charge in [0.05, 0.1) is 0 Å². The Kier molecular flexibility index (Phi) is 1.64. The maximum Gasteiger partial charge on any atom is 0.195 e. The average Bonchev–Trinajstić information content (AvgIpc) is 2.85. The van der Waals surface area contributed by atoms with E-state index in [-0.39, 0.29) is 5.78 Å². The van der Waals surface area contributed by atoms with Gasteiger partial charge in [0.25, 0.3) is 0 Å². The Balaban J connectivity index is 2.31. The largest absolute Gasteiger partial charge is 0.289 e. The van der Waals surface area contributed by atoms with E-state index >= 15 is 0 Å². The number of rotatable bonds is 0. The molecule has 4 rings (SSSR count). The fourth-order valence-electron chi connectivity index (χ4n) is 2.58. The van der Waals surface area contributed by atoms with E-state index < -0.39 is 0 Å². The number of benzene rings is 2. The fourth-order valence-corrected chi connectivity index (χ4v) is 3.41. The van der Waals surface area contributed by atoms with Crippen molar-refractivity contribution >= 4 is 27.9 Å². The number of carbonyl (C=O) groups is 1. The standard InChI is InChI=1S/C15H8OS/c16-15-11-6-2-4-9-3-1-5-10(14(9)11)12-7-17-8-13(12)15/h1-8H. The predicted octanol–water partition coefficient (Wildman–Crippen LogP) is 4.11. The molecule has 0 unspecified atom stereocenters. The number of hydrogen-bond donors (Lipinski definition) is 0. The molecule has 0 amide bonds. The minimum Gasteiger partial charge on any atom is -0.289 e. The Labute approximate surface area is 102 Å². The van der Waals surface area contributed by atoms with Gasteiger partial charge in [-0.2, -0.15) is 11.3 Å². The maximum absolute atomic E-state index is 12.4. The highest BCUT2D eigenvalue weighted by molar-refractivity contribution is 7.08. The second kappa shape index (κ2) is 3.05. The molecule has 2 heteroatoms. The summed E-state index contributed by atoms with van der Waals surface area (Å²) in [5.74, 6) is 0.158. The number of thiophene rings is 1. The van der Waals surface area contributed by atoms with Crippen molar-refractivity contribution in [2.75, 3.05) is 0 Å². The first-order valence-corrected chi connectivity index (χ1v) is 6.43. The van der Waals surface area contributed by atoms with Crippen LogP contribution in [0.1, 0.15) is 15.9 Å². The quantitative estimate of drug-likeness (QED) is 0.449. The van der Waals surface area contributed by atoms with Crippen molar-refractivity contribution in [1.82, 2.24) is 0 Å². The first-order chi connectivity index (χ1) is 8.36. The van der Waals surface area contributed by atoms with E-state index in [0.29, 0.717) is 0 Å². The predicted molar refractivity (Wildman–Crippen MR) is 70.7 cm³/mol. The lowest BCUT2D eigenvalue weighted by Crippen LogP contribution is -2.07. The highest BCUT2D eigenvalue weighted by Crippen LogP contribution is 2.40. The summed E-state index contributed by atoms with van der Waals surface area (Å²) in [5.41, 5.74) is 3.96. The van der Waals surface area contributed by atoms with Crippen molar-refractivity contribution in [3.63, 3.8) is 0 Å². The van der Waals surface area contributed by atoms with Crippen LogP contribution in [-0.4, -0.2) is 5.78 Å². The molecule has 0 N–H and O–H groups in total. The molecule has 1 aromatic heterocycles. The number of hydrogen-bond acceptors (Lipinski definition) is 2. The van der Waals surface area contributed by atoms with Gasteiger partial charge in [-0.15, -0.1) is 0 Å². The molecule has 2 aromatic carbocycles. The van der Waals surface area contributed by atoms with E-state index in [4.69, 9.17) is 0 Å². The van der Waals surface area contributed by atoms with Gasteiger partial charge in [-0.1, -0.05) is 36.4 Å². The van der Waals surface area contributed by atoms with Gasteiger partial charge >= 0.3 is 0 Å². The summed E-state index contributed by atoms with van der Waals surface area (Å²) in [6, 6.07) is 12.2. The fraction of sp³-hybridized carbons (Fsp3) is 0. The van der Waals surface area contributed by atoms with Gasteiger partial charge in [-0.3, -0.25) is 4.79 Å². The van der Waals surface area contributed by atoms with Crippen molar-refractivity contribution in [3.05, 3.63) is 58.3 Å². The Morgan fingerprint density at radius 3 is 2.29 bits per heavy atom. The number of fused-ring (bicyclic) bond motifs is 2. The summed E-state index contributed by atoms with van der Waals surface area (Å²) >= 11 is 1.59. The van der Waals surface area contributed by atoms with Gasteiger partial charge in [-0.05, 0) is 16.3 Å². The van der Waals surface area contributed by atoms with Crippen LogP contribution in [0.4, 0.5) is 0 Å². The summed E-state index contributed by atoms with van der Waals surface area (Å²) in [6.45, 7) is 0. The zero-order valence-electron chi connectivity index (χ0n) is 8.94. The van der Waals surface area contributed by atoms with Crippen LogP contribution >= 0.6 is 11.3 Å². The highest BCUT2D eigenvalue weighted by atomic mass is 32.1. The molecular weight excluding hydrogens is 228 g/mol. The van der Waals surface area contributed by atoms with Crippen LogP contribution in [0.3, 0.4) is 0 Å². The Hall–Kier alpha value is -1.93. The van der Waals surface area contributed by atoms with Crippen LogP contribution in [0.2, 0.25) is 0 Å². The smallest absolute Gasteiger partial charge is 0.195 e. The molecule has 1 heterocycles. The van der Waals surface area contributed by atoms with Crippen molar-refractivity contribution < 1.29 is 4.79 Å². The van der Waals surface area contributed by atoms with Crippen molar-refractivity contribution in [3.8, 4) is 11.1 Å². The van der Waals surface area contributed by atoms with Gasteiger partial charge in [-0.25, -0.2) is 0 Å². The minimum absolute atomic E-state index is 0.158. The van der Waals surface area contributed by atoms with Crippen LogP contribution in [0, 0.1) is 0 Å². The lowest BCUT2D eigenvalue weighted by atomic mass is 9.85. The van der Waals surface area contributed by atoms with E-state index in [0.717, 1.165) is 27.5 Å². The van der Waals surface area contributed by atoms with E-state index in [2.05, 4.69) is 29.6 Å². The molecule has 1 aliphatic carbocycles. The molecule has 0 saturated heterocycles. The lowest BCUT2D eigenvalue weighted by molar-refractivity contribution is 0.104. The molecule has 1 aliphatic rings. The summed E-state index contributed by atoms with van der Waals surface area (Å²) in [5, 5.41) is 6.26. The monoisotopic (exact) mass is 236 g/mol. The van der Waals surface area contributed by atoms with Crippen LogP contribution in [-0.2, 0) is 0 Å². The lowest BCUT2D eigenvalue weighted by Gasteiger charge is -2.16. The zero-order valence-corrected chi connectivity index (χ0v) is 9.75. The van der Waals surface area contributed by atoms with Gasteiger partial charge in [0.2, 0.25) is 0 Å². The molecule has 0 saturated carbocycles. The molecule has 0 spiro atoms. The molecule has 0 aliphatic heterocycles. The van der Waals surface area contributed by atoms with Crippen molar-refractivity contribution in [2.45, 2.75) is 0 Å². The topological polar surface area (TPSA) is 17.1 Å². The Morgan fingerprint density at radius 1 is 0.765 bits per heavy atom. The molecule has 3 aromatic rings. The van der Waals surface area contributed by atoms with E-state index in [9.17, 15) is 4.79 Å². The van der Waals surface area contributed by atoms with Gasteiger partial charge < -0.3 is 0 Å². The molecule has 0 bridgehead atoms. The van der Waals surface area contributed by atoms with Gasteiger partial charge in [0.15, 0.2) is 5.78 Å². The molecule has 0 atom stereocenters. The van der Waals surface area contributed by atoms with E-state index in [1.54, 1.807) is 11.3 Å². The Bertz CT molecular complexity index is 762. The van der Waals surface area contributed by atoms with Crippen molar-refractivity contribution in [2.24, 2.45) is 0 Å². The van der Waals surface area contributed by atoms with Gasteiger partial charge in [0, 0.05) is 27.5 Å². The Morgan fingerprint density at radius 2 is 1.47 bits per heavy atom. The van der Waals surface area contributed by atoms with Crippen molar-refractivity contribution in [1.29, 1.82) is 0 Å². The third-order valence-electron chi connectivity index (χ3n) is 3.35. The maximum atomic E-state index is 12.4. The second-order valence-electron chi connectivity index (χ2n) is 4.24. The summed E-state index contributed by atoms with van der Waals surface area (Å²) in [6.07, 6.45) is 0.